The summed E-state index contributed by atoms with van der Waals surface area (Å²) >= 11 is 0. The van der Waals surface area contributed by atoms with Crippen LogP contribution in [-0.4, -0.2) is 35.0 Å². The normalized spacial score (nSPS) is 12.5. The lowest BCUT2D eigenvalue weighted by atomic mass is 10.1. The summed E-state index contributed by atoms with van der Waals surface area (Å²) in [5.74, 6) is -0.860. The van der Waals surface area contributed by atoms with Crippen molar-refractivity contribution < 1.29 is 24.2 Å². The first-order chi connectivity index (χ1) is 13.3. The molecule has 148 valence electrons. The molecule has 0 unspecified atom stereocenters. The van der Waals surface area contributed by atoms with Crippen molar-refractivity contribution in [1.82, 2.24) is 10.6 Å². The van der Waals surface area contributed by atoms with Crippen LogP contribution >= 0.6 is 0 Å². The van der Waals surface area contributed by atoms with Crippen LogP contribution in [0.3, 0.4) is 0 Å². The van der Waals surface area contributed by atoms with Crippen molar-refractivity contribution in [3.63, 3.8) is 0 Å². The number of nitrogens with two attached hydrogens (primary N) is 1. The van der Waals surface area contributed by atoms with Crippen LogP contribution in [0.15, 0.2) is 54.6 Å². The summed E-state index contributed by atoms with van der Waals surface area (Å²) in [7, 11) is 0. The second kappa shape index (κ2) is 10.1. The van der Waals surface area contributed by atoms with Gasteiger partial charge in [-0.2, -0.15) is 0 Å². The fourth-order valence-electron chi connectivity index (χ4n) is 2.27. The van der Waals surface area contributed by atoms with E-state index in [1.807, 2.05) is 42.5 Å². The van der Waals surface area contributed by atoms with Gasteiger partial charge in [-0.05, 0) is 36.8 Å². The van der Waals surface area contributed by atoms with Gasteiger partial charge in [-0.3, -0.25) is 14.4 Å². The Bertz CT molecular complexity index is 808. The van der Waals surface area contributed by atoms with Gasteiger partial charge in [-0.15, -0.1) is 0 Å². The van der Waals surface area contributed by atoms with Crippen molar-refractivity contribution in [2.45, 2.75) is 32.0 Å². The van der Waals surface area contributed by atoms with E-state index in [2.05, 4.69) is 10.6 Å². The first-order valence-corrected chi connectivity index (χ1v) is 8.72. The van der Waals surface area contributed by atoms with Gasteiger partial charge in [0, 0.05) is 6.54 Å². The Labute approximate surface area is 162 Å². The van der Waals surface area contributed by atoms with Crippen LogP contribution in [0.4, 0.5) is 0 Å². The third-order valence-electron chi connectivity index (χ3n) is 3.86. The predicted octanol–water partition coefficient (Wildman–Crippen LogP) is 1.40. The number of carboxylic acids is 1. The molecule has 2 aromatic rings. The van der Waals surface area contributed by atoms with Crippen molar-refractivity contribution in [3.05, 3.63) is 60.2 Å². The van der Waals surface area contributed by atoms with E-state index in [0.29, 0.717) is 5.75 Å². The minimum atomic E-state index is -1.16. The van der Waals surface area contributed by atoms with E-state index >= 15 is 0 Å². The minimum Gasteiger partial charge on any atom is -0.480 e. The Morgan fingerprint density at radius 3 is 2.25 bits per heavy atom. The molecule has 5 N–H and O–H groups in total. The smallest absolute Gasteiger partial charge is 0.325 e. The molecule has 0 bridgehead atoms. The molecular formula is C20H23N3O5. The van der Waals surface area contributed by atoms with Crippen molar-refractivity contribution in [2.24, 2.45) is 5.73 Å². The zero-order chi connectivity index (χ0) is 20.5. The molecule has 0 aliphatic carbocycles. The number of hydrogen-bond donors (Lipinski definition) is 4. The third-order valence-corrected chi connectivity index (χ3v) is 3.86. The van der Waals surface area contributed by atoms with Gasteiger partial charge < -0.3 is 26.2 Å². The summed E-state index contributed by atoms with van der Waals surface area (Å²) in [5.41, 5.74) is 6.54. The zero-order valence-corrected chi connectivity index (χ0v) is 15.4. The fraction of sp³-hybridized carbons (Fsp3) is 0.250. The molecule has 2 aromatic carbocycles. The molecule has 0 saturated carbocycles. The van der Waals surface area contributed by atoms with Crippen LogP contribution in [0.25, 0.3) is 0 Å². The number of carbonyl (C=O) groups is 3. The third kappa shape index (κ3) is 6.73. The number of carboxylic acid groups (broad SMARTS) is 1. The van der Waals surface area contributed by atoms with Gasteiger partial charge in [0.15, 0.2) is 0 Å². The molecule has 2 rings (SSSR count). The maximum absolute atomic E-state index is 12.0. The molecule has 8 nitrogen and oxygen atoms in total. The van der Waals surface area contributed by atoms with Crippen molar-refractivity contribution in [1.29, 1.82) is 0 Å². The van der Waals surface area contributed by atoms with Gasteiger partial charge in [0.1, 0.15) is 17.5 Å². The maximum atomic E-state index is 12.0. The highest BCUT2D eigenvalue weighted by molar-refractivity contribution is 5.89. The number of hydrogen-bond acceptors (Lipinski definition) is 5. The lowest BCUT2D eigenvalue weighted by Gasteiger charge is -2.14. The molecule has 0 saturated heterocycles. The number of aliphatic carboxylic acids is 1. The Balaban J connectivity index is 1.78. The number of carbonyl (C=O) groups excluding carboxylic acids is 2. The number of ether oxygens (including phenoxy) is 1. The second-order valence-corrected chi connectivity index (χ2v) is 6.21. The number of benzene rings is 2. The Hall–Kier alpha value is -3.39. The molecule has 2 atom stereocenters. The summed E-state index contributed by atoms with van der Waals surface area (Å²) < 4.78 is 5.70. The van der Waals surface area contributed by atoms with Gasteiger partial charge >= 0.3 is 5.97 Å². The van der Waals surface area contributed by atoms with Gasteiger partial charge in [0.25, 0.3) is 0 Å². The molecule has 0 radical (unpaired) electrons. The predicted molar refractivity (Wildman–Crippen MR) is 103 cm³/mol. The van der Waals surface area contributed by atoms with Crippen molar-refractivity contribution in [2.75, 3.05) is 0 Å². The van der Waals surface area contributed by atoms with Crippen LogP contribution in [0.5, 0.6) is 11.5 Å². The Morgan fingerprint density at radius 2 is 1.64 bits per heavy atom. The van der Waals surface area contributed by atoms with E-state index in [1.165, 1.54) is 6.92 Å². The number of nitrogens with one attached hydrogen (secondary N) is 2. The fourth-order valence-corrected chi connectivity index (χ4v) is 2.27. The van der Waals surface area contributed by atoms with E-state index in [4.69, 9.17) is 15.6 Å². The van der Waals surface area contributed by atoms with Gasteiger partial charge in [-0.25, -0.2) is 0 Å². The highest BCUT2D eigenvalue weighted by Crippen LogP contribution is 2.21. The van der Waals surface area contributed by atoms with Crippen LogP contribution in [0, 0.1) is 0 Å². The average molecular weight is 385 g/mol. The average Bonchev–Trinajstić information content (AvgIpc) is 2.67. The van der Waals surface area contributed by atoms with E-state index in [-0.39, 0.29) is 13.0 Å². The summed E-state index contributed by atoms with van der Waals surface area (Å²) in [6, 6.07) is 14.4. The molecular weight excluding hydrogens is 362 g/mol. The van der Waals surface area contributed by atoms with E-state index in [0.717, 1.165) is 11.3 Å². The second-order valence-electron chi connectivity index (χ2n) is 6.21. The van der Waals surface area contributed by atoms with Gasteiger partial charge in [-0.1, -0.05) is 30.3 Å². The van der Waals surface area contributed by atoms with E-state index in [1.54, 1.807) is 12.1 Å². The zero-order valence-electron chi connectivity index (χ0n) is 15.4. The maximum Gasteiger partial charge on any atom is 0.325 e. The first kappa shape index (κ1) is 20.9. The van der Waals surface area contributed by atoms with Crippen molar-refractivity contribution >= 4 is 17.8 Å². The number of para-hydroxylation sites is 1. The lowest BCUT2D eigenvalue weighted by molar-refractivity contribution is -0.141. The summed E-state index contributed by atoms with van der Waals surface area (Å²) in [6.07, 6.45) is -0.298. The highest BCUT2D eigenvalue weighted by atomic mass is 16.5. The van der Waals surface area contributed by atoms with Crippen LogP contribution in [0.2, 0.25) is 0 Å². The Morgan fingerprint density at radius 1 is 1.04 bits per heavy atom. The first-order valence-electron chi connectivity index (χ1n) is 8.72. The quantitative estimate of drug-likeness (QED) is 0.516. The van der Waals surface area contributed by atoms with Gasteiger partial charge in [0.05, 0.1) is 12.5 Å². The summed E-state index contributed by atoms with van der Waals surface area (Å²) in [4.78, 5) is 34.4. The summed E-state index contributed by atoms with van der Waals surface area (Å²) in [6.45, 7) is 1.57. The lowest BCUT2D eigenvalue weighted by Crippen LogP contribution is -2.46. The largest absolute Gasteiger partial charge is 0.480 e. The molecule has 0 aromatic heterocycles. The molecule has 0 fully saturated rings. The standard InChI is InChI=1S/C20H23N3O5/c1-13(20(26)27)23-18(24)11-17(21)19(25)22-12-14-7-9-16(10-8-14)28-15-5-3-2-4-6-15/h2-10,13,17H,11-12,21H2,1H3,(H,22,25)(H,23,24)(H,26,27)/t13-,17-/m0/s1. The van der Waals surface area contributed by atoms with E-state index < -0.39 is 29.9 Å². The van der Waals surface area contributed by atoms with Gasteiger partial charge in [0.2, 0.25) is 11.8 Å². The Kier molecular flexibility index (Phi) is 7.53. The molecule has 0 heterocycles. The molecule has 0 aliphatic heterocycles. The molecule has 28 heavy (non-hydrogen) atoms. The SMILES string of the molecule is C[C@H](NC(=O)C[C@H](N)C(=O)NCc1ccc(Oc2ccccc2)cc1)C(=O)O. The summed E-state index contributed by atoms with van der Waals surface area (Å²) in [5, 5.41) is 13.7. The number of amides is 2. The molecule has 8 heteroatoms. The van der Waals surface area contributed by atoms with Crippen LogP contribution in [0.1, 0.15) is 18.9 Å². The number of rotatable bonds is 9. The molecule has 0 aliphatic rings. The molecule has 0 spiro atoms. The topological polar surface area (TPSA) is 131 Å². The molecule has 2 amide bonds. The monoisotopic (exact) mass is 385 g/mol. The minimum absolute atomic E-state index is 0.241. The van der Waals surface area contributed by atoms with E-state index in [9.17, 15) is 14.4 Å². The van der Waals surface area contributed by atoms with Crippen LogP contribution < -0.4 is 21.1 Å². The van der Waals surface area contributed by atoms with Crippen LogP contribution in [-0.2, 0) is 20.9 Å². The van der Waals surface area contributed by atoms with Crippen molar-refractivity contribution in [3.8, 4) is 11.5 Å². The highest BCUT2D eigenvalue weighted by Gasteiger charge is 2.20.